The summed E-state index contributed by atoms with van der Waals surface area (Å²) in [6, 6.07) is -0.624. The van der Waals surface area contributed by atoms with Gasteiger partial charge in [-0.3, -0.25) is 9.48 Å². The molecular formula is C9H14ClN3O2. The lowest BCUT2D eigenvalue weighted by molar-refractivity contribution is -0.139. The van der Waals surface area contributed by atoms with Gasteiger partial charge in [0.05, 0.1) is 17.8 Å². The molecule has 1 atom stereocenters. The van der Waals surface area contributed by atoms with Gasteiger partial charge in [0, 0.05) is 6.20 Å². The number of rotatable bonds is 6. The molecule has 1 rings (SSSR count). The molecule has 0 amide bonds. The van der Waals surface area contributed by atoms with E-state index >= 15 is 0 Å². The van der Waals surface area contributed by atoms with Gasteiger partial charge in [0.15, 0.2) is 0 Å². The van der Waals surface area contributed by atoms with Gasteiger partial charge in [-0.2, -0.15) is 5.10 Å². The van der Waals surface area contributed by atoms with Crippen LogP contribution >= 0.6 is 11.6 Å². The van der Waals surface area contributed by atoms with Gasteiger partial charge < -0.3 is 10.4 Å². The van der Waals surface area contributed by atoms with E-state index in [1.165, 1.54) is 10.9 Å². The third kappa shape index (κ3) is 3.89. The molecule has 0 saturated heterocycles. The van der Waals surface area contributed by atoms with Crippen molar-refractivity contribution in [2.75, 3.05) is 6.54 Å². The van der Waals surface area contributed by atoms with Crippen LogP contribution in [0.25, 0.3) is 0 Å². The molecule has 1 aromatic rings. The van der Waals surface area contributed by atoms with Crippen LogP contribution in [-0.4, -0.2) is 33.4 Å². The lowest BCUT2D eigenvalue weighted by atomic mass is 10.3. The van der Waals surface area contributed by atoms with Crippen LogP contribution in [-0.2, 0) is 11.3 Å². The molecule has 6 heteroatoms. The molecule has 1 unspecified atom stereocenters. The first-order valence-corrected chi connectivity index (χ1v) is 5.15. The Morgan fingerprint density at radius 3 is 3.00 bits per heavy atom. The maximum absolute atomic E-state index is 10.9. The normalized spacial score (nSPS) is 12.7. The fraction of sp³-hybridized carbons (Fsp3) is 0.556. The van der Waals surface area contributed by atoms with E-state index in [0.29, 0.717) is 11.6 Å². The maximum atomic E-state index is 10.9. The Balaban J connectivity index is 2.54. The smallest absolute Gasteiger partial charge is 0.322 e. The fourth-order valence-electron chi connectivity index (χ4n) is 1.17. The highest BCUT2D eigenvalue weighted by Gasteiger charge is 2.17. The van der Waals surface area contributed by atoms with E-state index in [0.717, 1.165) is 6.42 Å². The zero-order chi connectivity index (χ0) is 11.3. The molecule has 84 valence electrons. The predicted octanol–water partition coefficient (Wildman–Crippen LogP) is 0.989. The first-order valence-electron chi connectivity index (χ1n) is 4.77. The van der Waals surface area contributed by atoms with Crippen LogP contribution in [0.4, 0.5) is 0 Å². The summed E-state index contributed by atoms with van der Waals surface area (Å²) in [6.07, 6.45) is 3.98. The topological polar surface area (TPSA) is 67.2 Å². The maximum Gasteiger partial charge on any atom is 0.322 e. The van der Waals surface area contributed by atoms with Crippen molar-refractivity contribution in [3.05, 3.63) is 17.4 Å². The van der Waals surface area contributed by atoms with E-state index in [9.17, 15) is 4.79 Å². The molecule has 5 nitrogen and oxygen atoms in total. The van der Waals surface area contributed by atoms with Crippen molar-refractivity contribution >= 4 is 17.6 Å². The van der Waals surface area contributed by atoms with Crippen LogP contribution in [0.2, 0.25) is 5.02 Å². The standard InChI is InChI=1S/C9H14ClN3O2/c1-2-3-11-8(9(14)15)6-13-5-7(10)4-12-13/h4-5,8,11H,2-3,6H2,1H3,(H,14,15). The number of hydrogen-bond donors (Lipinski definition) is 2. The molecule has 0 bridgehead atoms. The Morgan fingerprint density at radius 1 is 1.80 bits per heavy atom. The molecule has 15 heavy (non-hydrogen) atoms. The number of carboxylic acid groups (broad SMARTS) is 1. The van der Waals surface area contributed by atoms with Crippen LogP contribution in [0.15, 0.2) is 12.4 Å². The first-order chi connectivity index (χ1) is 7.13. The van der Waals surface area contributed by atoms with Crippen molar-refractivity contribution in [1.82, 2.24) is 15.1 Å². The van der Waals surface area contributed by atoms with Gasteiger partial charge in [-0.25, -0.2) is 0 Å². The summed E-state index contributed by atoms with van der Waals surface area (Å²) in [5.74, 6) is -0.880. The molecule has 0 aliphatic rings. The van der Waals surface area contributed by atoms with Gasteiger partial charge in [0.25, 0.3) is 0 Å². The number of nitrogens with one attached hydrogen (secondary N) is 1. The number of hydrogen-bond acceptors (Lipinski definition) is 3. The molecule has 1 heterocycles. The zero-order valence-electron chi connectivity index (χ0n) is 8.48. The summed E-state index contributed by atoms with van der Waals surface area (Å²) in [6.45, 7) is 2.94. The Hall–Kier alpha value is -1.07. The summed E-state index contributed by atoms with van der Waals surface area (Å²) in [4.78, 5) is 10.9. The average molecular weight is 232 g/mol. The summed E-state index contributed by atoms with van der Waals surface area (Å²) in [5, 5.41) is 16.3. The largest absolute Gasteiger partial charge is 0.480 e. The molecular weight excluding hydrogens is 218 g/mol. The number of halogens is 1. The van der Waals surface area contributed by atoms with Gasteiger partial charge in [0.2, 0.25) is 0 Å². The summed E-state index contributed by atoms with van der Waals surface area (Å²) >= 11 is 5.68. The molecule has 0 aliphatic heterocycles. The van der Waals surface area contributed by atoms with Crippen molar-refractivity contribution in [1.29, 1.82) is 0 Å². The van der Waals surface area contributed by atoms with Crippen molar-refractivity contribution < 1.29 is 9.90 Å². The monoisotopic (exact) mass is 231 g/mol. The fourth-order valence-corrected chi connectivity index (χ4v) is 1.33. The van der Waals surface area contributed by atoms with Crippen LogP contribution in [0.5, 0.6) is 0 Å². The highest BCUT2D eigenvalue weighted by molar-refractivity contribution is 6.30. The molecule has 0 aromatic carbocycles. The second-order valence-corrected chi connectivity index (χ2v) is 3.66. The van der Waals surface area contributed by atoms with Gasteiger partial charge in [-0.1, -0.05) is 18.5 Å². The lowest BCUT2D eigenvalue weighted by Crippen LogP contribution is -2.40. The molecule has 0 spiro atoms. The van der Waals surface area contributed by atoms with Crippen molar-refractivity contribution in [3.63, 3.8) is 0 Å². The Labute approximate surface area is 93.0 Å². The van der Waals surface area contributed by atoms with E-state index in [1.54, 1.807) is 6.20 Å². The van der Waals surface area contributed by atoms with Crippen molar-refractivity contribution in [2.24, 2.45) is 0 Å². The minimum atomic E-state index is -0.880. The highest BCUT2D eigenvalue weighted by Crippen LogP contribution is 2.05. The number of aliphatic carboxylic acids is 1. The minimum absolute atomic E-state index is 0.280. The van der Waals surface area contributed by atoms with E-state index in [2.05, 4.69) is 10.4 Å². The molecule has 0 fully saturated rings. The Morgan fingerprint density at radius 2 is 2.53 bits per heavy atom. The second-order valence-electron chi connectivity index (χ2n) is 3.23. The van der Waals surface area contributed by atoms with Crippen LogP contribution in [0, 0.1) is 0 Å². The number of aromatic nitrogens is 2. The van der Waals surface area contributed by atoms with Gasteiger partial charge in [-0.15, -0.1) is 0 Å². The van der Waals surface area contributed by atoms with E-state index < -0.39 is 12.0 Å². The van der Waals surface area contributed by atoms with E-state index in [-0.39, 0.29) is 6.54 Å². The summed E-state index contributed by atoms with van der Waals surface area (Å²) in [7, 11) is 0. The van der Waals surface area contributed by atoms with E-state index in [1.807, 2.05) is 6.92 Å². The van der Waals surface area contributed by atoms with Gasteiger partial charge >= 0.3 is 5.97 Å². The molecule has 0 aliphatic carbocycles. The average Bonchev–Trinajstić information content (AvgIpc) is 2.58. The Kier molecular flexibility index (Phi) is 4.58. The van der Waals surface area contributed by atoms with Crippen LogP contribution < -0.4 is 5.32 Å². The quantitative estimate of drug-likeness (QED) is 0.766. The van der Waals surface area contributed by atoms with E-state index in [4.69, 9.17) is 16.7 Å². The Bertz CT molecular complexity index is 327. The van der Waals surface area contributed by atoms with Crippen LogP contribution in [0.3, 0.4) is 0 Å². The van der Waals surface area contributed by atoms with Crippen LogP contribution in [0.1, 0.15) is 13.3 Å². The SMILES string of the molecule is CCCNC(Cn1cc(Cl)cn1)C(=O)O. The molecule has 0 saturated carbocycles. The second kappa shape index (κ2) is 5.72. The first kappa shape index (κ1) is 12.0. The molecule has 2 N–H and O–H groups in total. The number of carbonyl (C=O) groups is 1. The predicted molar refractivity (Wildman–Crippen MR) is 57.0 cm³/mol. The third-order valence-corrected chi connectivity index (χ3v) is 2.11. The summed E-state index contributed by atoms with van der Waals surface area (Å²) < 4.78 is 1.52. The highest BCUT2D eigenvalue weighted by atomic mass is 35.5. The molecule has 1 aromatic heterocycles. The number of nitrogens with zero attached hydrogens (tertiary/aromatic N) is 2. The van der Waals surface area contributed by atoms with Gasteiger partial charge in [-0.05, 0) is 13.0 Å². The zero-order valence-corrected chi connectivity index (χ0v) is 9.24. The van der Waals surface area contributed by atoms with Crippen molar-refractivity contribution in [3.8, 4) is 0 Å². The number of carboxylic acids is 1. The summed E-state index contributed by atoms with van der Waals surface area (Å²) in [5.41, 5.74) is 0. The van der Waals surface area contributed by atoms with Gasteiger partial charge in [0.1, 0.15) is 6.04 Å². The lowest BCUT2D eigenvalue weighted by Gasteiger charge is -2.13. The van der Waals surface area contributed by atoms with Crippen molar-refractivity contribution in [2.45, 2.75) is 25.9 Å². The third-order valence-electron chi connectivity index (χ3n) is 1.91. The molecule has 0 radical (unpaired) electrons. The minimum Gasteiger partial charge on any atom is -0.480 e.